The number of carbonyl (C=O) groups is 2. The smallest absolute Gasteiger partial charge is 0.276 e. The highest BCUT2D eigenvalue weighted by Gasteiger charge is 2.34. The van der Waals surface area contributed by atoms with Gasteiger partial charge in [0.2, 0.25) is 5.91 Å². The molecule has 238 valence electrons. The minimum atomic E-state index is -0.531. The molecule has 7 rings (SSSR count). The molecule has 3 aromatic carbocycles. The summed E-state index contributed by atoms with van der Waals surface area (Å²) in [6.07, 6.45) is 6.34. The fourth-order valence-corrected chi connectivity index (χ4v) is 6.67. The van der Waals surface area contributed by atoms with Gasteiger partial charge in [-0.25, -0.2) is 14.4 Å². The van der Waals surface area contributed by atoms with Gasteiger partial charge in [0.15, 0.2) is 5.13 Å². The number of methoxy groups -OCH3 is 1. The van der Waals surface area contributed by atoms with Crippen molar-refractivity contribution >= 4 is 56.3 Å². The second kappa shape index (κ2) is 12.9. The Hall–Kier alpha value is -5.27. The molecule has 0 saturated carbocycles. The molecule has 2 amide bonds. The Labute approximate surface area is 273 Å². The van der Waals surface area contributed by atoms with Gasteiger partial charge in [-0.05, 0) is 55.3 Å². The van der Waals surface area contributed by atoms with E-state index in [1.165, 1.54) is 24.5 Å². The zero-order chi connectivity index (χ0) is 32.5. The molecule has 0 bridgehead atoms. The van der Waals surface area contributed by atoms with Crippen molar-refractivity contribution < 1.29 is 18.7 Å². The van der Waals surface area contributed by atoms with E-state index in [1.54, 1.807) is 46.7 Å². The lowest BCUT2D eigenvalue weighted by atomic mass is 9.92. The van der Waals surface area contributed by atoms with Gasteiger partial charge in [-0.1, -0.05) is 12.1 Å². The average molecular weight is 651 g/mol. The van der Waals surface area contributed by atoms with Gasteiger partial charge in [0.25, 0.3) is 5.91 Å². The minimum Gasteiger partial charge on any atom is -0.496 e. The number of carbonyl (C=O) groups excluding carboxylic acids is 2. The molecule has 0 radical (unpaired) electrons. The number of benzene rings is 3. The Kier molecular flexibility index (Phi) is 8.31. The molecule has 2 unspecified atom stereocenters. The summed E-state index contributed by atoms with van der Waals surface area (Å²) in [5.74, 6) is -0.741. The predicted octanol–water partition coefficient (Wildman–Crippen LogP) is 5.85. The number of anilines is 1. The van der Waals surface area contributed by atoms with Crippen molar-refractivity contribution in [3.63, 3.8) is 0 Å². The topological polar surface area (TPSA) is 130 Å². The van der Waals surface area contributed by atoms with Crippen LogP contribution in [0.1, 0.15) is 28.8 Å². The fourth-order valence-electron chi connectivity index (χ4n) is 6.14. The van der Waals surface area contributed by atoms with Crippen LogP contribution in [0.4, 0.5) is 9.52 Å². The van der Waals surface area contributed by atoms with E-state index in [2.05, 4.69) is 30.6 Å². The van der Waals surface area contributed by atoms with Gasteiger partial charge < -0.3 is 10.1 Å². The number of nitrogens with one attached hydrogen (secondary N) is 2. The van der Waals surface area contributed by atoms with Crippen molar-refractivity contribution in [3.8, 4) is 17.0 Å². The molecule has 4 heterocycles. The van der Waals surface area contributed by atoms with Crippen LogP contribution < -0.4 is 10.1 Å². The van der Waals surface area contributed by atoms with Crippen molar-refractivity contribution in [2.45, 2.75) is 25.4 Å². The second-order valence-electron chi connectivity index (χ2n) is 11.5. The summed E-state index contributed by atoms with van der Waals surface area (Å²) < 4.78 is 22.2. The molecule has 3 aromatic heterocycles. The zero-order valence-corrected chi connectivity index (χ0v) is 26.5. The molecule has 1 aliphatic heterocycles. The molecule has 2 N–H and O–H groups in total. The van der Waals surface area contributed by atoms with Crippen LogP contribution in [-0.2, 0) is 18.4 Å². The molecule has 11 nitrogen and oxygen atoms in total. The number of aryl methyl sites for hydroxylation is 1. The van der Waals surface area contributed by atoms with E-state index in [9.17, 15) is 14.0 Å². The monoisotopic (exact) mass is 650 g/mol. The van der Waals surface area contributed by atoms with Crippen molar-refractivity contribution in [1.29, 1.82) is 0 Å². The predicted molar refractivity (Wildman–Crippen MR) is 179 cm³/mol. The van der Waals surface area contributed by atoms with Gasteiger partial charge >= 0.3 is 0 Å². The number of thiazole rings is 1. The lowest BCUT2D eigenvalue weighted by Gasteiger charge is -2.37. The van der Waals surface area contributed by atoms with E-state index < -0.39 is 11.9 Å². The third-order valence-electron chi connectivity index (χ3n) is 8.45. The quantitative estimate of drug-likeness (QED) is 0.198. The van der Waals surface area contributed by atoms with Crippen molar-refractivity contribution in [1.82, 2.24) is 29.9 Å². The fraction of sp³-hybridized carbons (Fsp3) is 0.235. The Morgan fingerprint density at radius 1 is 1.19 bits per heavy atom. The molecule has 47 heavy (non-hydrogen) atoms. The number of ether oxygens (including phenoxy) is 1. The number of aliphatic imine (C=N–C) groups is 1. The Morgan fingerprint density at radius 3 is 2.91 bits per heavy atom. The molecule has 2 atom stereocenters. The van der Waals surface area contributed by atoms with Crippen LogP contribution in [0.5, 0.6) is 5.75 Å². The SMILES string of the molecule is COc1cccc(F)c1CN1CC(C=NC(=O)c2ccc3[nH]nc(-c4ccc5nn(C)cc5c4)c3c2)CCC1C(=O)Nc1nccs1. The third-order valence-corrected chi connectivity index (χ3v) is 9.14. The number of rotatable bonds is 8. The van der Waals surface area contributed by atoms with Gasteiger partial charge in [-0.3, -0.25) is 24.3 Å². The van der Waals surface area contributed by atoms with E-state index >= 15 is 0 Å². The summed E-state index contributed by atoms with van der Waals surface area (Å²) in [6.45, 7) is 0.542. The van der Waals surface area contributed by atoms with Crippen LogP contribution >= 0.6 is 11.3 Å². The lowest BCUT2D eigenvalue weighted by molar-refractivity contribution is -0.123. The van der Waals surface area contributed by atoms with Crippen LogP contribution in [0.15, 0.2) is 77.4 Å². The first-order chi connectivity index (χ1) is 22.9. The number of piperidine rings is 1. The Morgan fingerprint density at radius 2 is 2.09 bits per heavy atom. The number of hydrogen-bond acceptors (Lipinski definition) is 8. The van der Waals surface area contributed by atoms with Gasteiger partial charge in [0.1, 0.15) is 11.6 Å². The van der Waals surface area contributed by atoms with E-state index in [-0.39, 0.29) is 24.3 Å². The van der Waals surface area contributed by atoms with Gasteiger partial charge in [-0.2, -0.15) is 10.2 Å². The van der Waals surface area contributed by atoms with E-state index in [0.29, 0.717) is 41.4 Å². The first-order valence-corrected chi connectivity index (χ1v) is 16.0. The number of aromatic nitrogens is 5. The number of amides is 2. The number of nitrogens with zero attached hydrogens (tertiary/aromatic N) is 6. The van der Waals surface area contributed by atoms with Gasteiger partial charge in [0.05, 0.1) is 29.9 Å². The molecular weight excluding hydrogens is 619 g/mol. The number of aromatic amines is 1. The highest BCUT2D eigenvalue weighted by molar-refractivity contribution is 7.13. The van der Waals surface area contributed by atoms with Crippen molar-refractivity contribution in [2.75, 3.05) is 19.0 Å². The second-order valence-corrected chi connectivity index (χ2v) is 12.4. The van der Waals surface area contributed by atoms with Crippen LogP contribution in [0.25, 0.3) is 33.1 Å². The van der Waals surface area contributed by atoms with Gasteiger partial charge in [0, 0.05) is 77.5 Å². The maximum absolute atomic E-state index is 15.0. The number of fused-ring (bicyclic) bond motifs is 2. The van der Waals surface area contributed by atoms with E-state index in [4.69, 9.17) is 4.74 Å². The summed E-state index contributed by atoms with van der Waals surface area (Å²) >= 11 is 1.33. The highest BCUT2D eigenvalue weighted by Crippen LogP contribution is 2.31. The molecule has 0 spiro atoms. The molecule has 13 heteroatoms. The van der Waals surface area contributed by atoms with Crippen LogP contribution in [0.3, 0.4) is 0 Å². The largest absolute Gasteiger partial charge is 0.496 e. The van der Waals surface area contributed by atoms with Gasteiger partial charge in [-0.15, -0.1) is 11.3 Å². The highest BCUT2D eigenvalue weighted by atomic mass is 32.1. The standard InChI is InChI=1S/C34H31FN8O3S/c1-42-18-23-14-21(7-9-27(23)41-42)31-24-15-22(8-10-28(24)39-40-31)32(44)37-16-20-6-11-29(33(45)38-34-36-12-13-47-34)43(17-20)19-25-26(35)4-3-5-30(25)46-2/h3-5,7-10,12-16,18,20,29H,6,11,17,19H2,1-2H3,(H,39,40)(H,36,38,45). The Bertz CT molecular complexity index is 2120. The van der Waals surface area contributed by atoms with E-state index in [0.717, 1.165) is 33.1 Å². The Balaban J connectivity index is 1.11. The number of likely N-dealkylation sites (tertiary alicyclic amines) is 1. The molecule has 0 aliphatic carbocycles. The summed E-state index contributed by atoms with van der Waals surface area (Å²) in [5.41, 5.74) is 4.14. The molecule has 1 saturated heterocycles. The maximum atomic E-state index is 15.0. The average Bonchev–Trinajstić information content (AvgIpc) is 3.83. The summed E-state index contributed by atoms with van der Waals surface area (Å²) in [5, 5.41) is 19.0. The molecule has 1 aliphatic rings. The number of halogens is 1. The lowest BCUT2D eigenvalue weighted by Crippen LogP contribution is -2.49. The van der Waals surface area contributed by atoms with Crippen molar-refractivity contribution in [2.24, 2.45) is 18.0 Å². The maximum Gasteiger partial charge on any atom is 0.276 e. The summed E-state index contributed by atoms with van der Waals surface area (Å²) in [4.78, 5) is 37.1. The minimum absolute atomic E-state index is 0.139. The normalized spacial score (nSPS) is 17.1. The van der Waals surface area contributed by atoms with Crippen molar-refractivity contribution in [3.05, 3.63) is 89.3 Å². The molecule has 1 fully saturated rings. The van der Waals surface area contributed by atoms with Crippen LogP contribution in [0, 0.1) is 11.7 Å². The van der Waals surface area contributed by atoms with Crippen LogP contribution in [-0.4, -0.2) is 67.6 Å². The first-order valence-electron chi connectivity index (χ1n) is 15.1. The van der Waals surface area contributed by atoms with Crippen LogP contribution in [0.2, 0.25) is 0 Å². The zero-order valence-electron chi connectivity index (χ0n) is 25.7. The summed E-state index contributed by atoms with van der Waals surface area (Å²) in [7, 11) is 3.37. The molecule has 6 aromatic rings. The third kappa shape index (κ3) is 6.27. The summed E-state index contributed by atoms with van der Waals surface area (Å²) in [6, 6.07) is 15.4. The number of hydrogen-bond donors (Lipinski definition) is 2. The van der Waals surface area contributed by atoms with E-state index in [1.807, 2.05) is 42.4 Å². The first kappa shape index (κ1) is 30.4. The molecular formula is C34H31FN8O3S. The number of H-pyrrole nitrogens is 1.